The molecule has 0 radical (unpaired) electrons. The Labute approximate surface area is 171 Å². The average molecular weight is 397 g/mol. The SMILES string of the molecule is CCN(Cc1ccc2c(c1)OCO2)C(=O)CN(C)CC(=O)Nc1ccc(C)cc1. The molecule has 0 atom stereocenters. The Balaban J connectivity index is 1.50. The minimum Gasteiger partial charge on any atom is -0.454 e. The van der Waals surface area contributed by atoms with Gasteiger partial charge in [-0.3, -0.25) is 14.5 Å². The van der Waals surface area contributed by atoms with Crippen LogP contribution in [-0.4, -0.2) is 55.1 Å². The van der Waals surface area contributed by atoms with Crippen LogP contribution in [0.2, 0.25) is 0 Å². The van der Waals surface area contributed by atoms with Gasteiger partial charge in [-0.25, -0.2) is 0 Å². The number of aryl methyl sites for hydroxylation is 1. The van der Waals surface area contributed by atoms with Crippen LogP contribution in [0.25, 0.3) is 0 Å². The molecule has 7 heteroatoms. The molecule has 0 bridgehead atoms. The largest absolute Gasteiger partial charge is 0.454 e. The van der Waals surface area contributed by atoms with Crippen molar-refractivity contribution in [2.24, 2.45) is 0 Å². The number of likely N-dealkylation sites (N-methyl/N-ethyl adjacent to an activating group) is 2. The van der Waals surface area contributed by atoms with E-state index in [0.29, 0.717) is 18.8 Å². The summed E-state index contributed by atoms with van der Waals surface area (Å²) in [6.45, 7) is 5.53. The highest BCUT2D eigenvalue weighted by Crippen LogP contribution is 2.32. The molecule has 0 unspecified atom stereocenters. The highest BCUT2D eigenvalue weighted by atomic mass is 16.7. The summed E-state index contributed by atoms with van der Waals surface area (Å²) in [5, 5.41) is 2.85. The van der Waals surface area contributed by atoms with Gasteiger partial charge in [-0.15, -0.1) is 0 Å². The predicted molar refractivity (Wildman–Crippen MR) is 111 cm³/mol. The second-order valence-corrected chi connectivity index (χ2v) is 7.18. The number of amides is 2. The summed E-state index contributed by atoms with van der Waals surface area (Å²) in [5.74, 6) is 1.25. The van der Waals surface area contributed by atoms with E-state index < -0.39 is 0 Å². The zero-order valence-electron chi connectivity index (χ0n) is 17.1. The molecule has 0 fully saturated rings. The third kappa shape index (κ3) is 5.71. The molecule has 0 spiro atoms. The Morgan fingerprint density at radius 2 is 1.76 bits per heavy atom. The third-order valence-electron chi connectivity index (χ3n) is 4.70. The number of hydrogen-bond acceptors (Lipinski definition) is 5. The van der Waals surface area contributed by atoms with Crippen LogP contribution in [0.15, 0.2) is 42.5 Å². The lowest BCUT2D eigenvalue weighted by Crippen LogP contribution is -2.41. The molecule has 1 heterocycles. The zero-order valence-corrected chi connectivity index (χ0v) is 17.1. The smallest absolute Gasteiger partial charge is 0.238 e. The number of ether oxygens (including phenoxy) is 2. The number of carbonyl (C=O) groups is 2. The van der Waals surface area contributed by atoms with Crippen LogP contribution in [0.5, 0.6) is 11.5 Å². The van der Waals surface area contributed by atoms with E-state index in [0.717, 1.165) is 22.6 Å². The summed E-state index contributed by atoms with van der Waals surface area (Å²) < 4.78 is 10.7. The van der Waals surface area contributed by atoms with Gasteiger partial charge in [-0.05, 0) is 50.7 Å². The van der Waals surface area contributed by atoms with Crippen molar-refractivity contribution in [1.29, 1.82) is 0 Å². The van der Waals surface area contributed by atoms with Crippen molar-refractivity contribution < 1.29 is 19.1 Å². The topological polar surface area (TPSA) is 71.1 Å². The molecule has 1 N–H and O–H groups in total. The molecular formula is C22H27N3O4. The maximum atomic E-state index is 12.7. The van der Waals surface area contributed by atoms with E-state index in [4.69, 9.17) is 9.47 Å². The molecule has 154 valence electrons. The van der Waals surface area contributed by atoms with Crippen molar-refractivity contribution in [3.63, 3.8) is 0 Å². The second kappa shape index (κ2) is 9.43. The summed E-state index contributed by atoms with van der Waals surface area (Å²) in [4.78, 5) is 28.4. The van der Waals surface area contributed by atoms with E-state index in [1.54, 1.807) is 16.8 Å². The quantitative estimate of drug-likeness (QED) is 0.742. The minimum atomic E-state index is -0.150. The predicted octanol–water partition coefficient (Wildman–Crippen LogP) is 2.64. The van der Waals surface area contributed by atoms with Gasteiger partial charge in [0.25, 0.3) is 0 Å². The Bertz CT molecular complexity index is 867. The van der Waals surface area contributed by atoms with Crippen LogP contribution in [0.1, 0.15) is 18.1 Å². The van der Waals surface area contributed by atoms with Crippen molar-refractivity contribution in [3.8, 4) is 11.5 Å². The van der Waals surface area contributed by atoms with E-state index in [2.05, 4.69) is 5.32 Å². The van der Waals surface area contributed by atoms with Crippen LogP contribution in [0.4, 0.5) is 5.69 Å². The lowest BCUT2D eigenvalue weighted by Gasteiger charge is -2.24. The van der Waals surface area contributed by atoms with Gasteiger partial charge in [0.05, 0.1) is 13.1 Å². The maximum absolute atomic E-state index is 12.7. The Kier molecular flexibility index (Phi) is 6.72. The van der Waals surface area contributed by atoms with Gasteiger partial charge in [0.15, 0.2) is 11.5 Å². The molecule has 0 aromatic heterocycles. The zero-order chi connectivity index (χ0) is 20.8. The molecule has 7 nitrogen and oxygen atoms in total. The first kappa shape index (κ1) is 20.7. The first-order chi connectivity index (χ1) is 13.9. The van der Waals surface area contributed by atoms with E-state index in [9.17, 15) is 9.59 Å². The van der Waals surface area contributed by atoms with Gasteiger partial charge < -0.3 is 19.7 Å². The molecule has 3 rings (SSSR count). The number of rotatable bonds is 8. The second-order valence-electron chi connectivity index (χ2n) is 7.18. The van der Waals surface area contributed by atoms with Crippen LogP contribution in [0.3, 0.4) is 0 Å². The van der Waals surface area contributed by atoms with Crippen molar-refractivity contribution in [2.75, 3.05) is 38.8 Å². The summed E-state index contributed by atoms with van der Waals surface area (Å²) in [5.41, 5.74) is 2.86. The first-order valence-electron chi connectivity index (χ1n) is 9.66. The molecule has 29 heavy (non-hydrogen) atoms. The van der Waals surface area contributed by atoms with E-state index in [1.165, 1.54) is 0 Å². The lowest BCUT2D eigenvalue weighted by atomic mass is 10.2. The van der Waals surface area contributed by atoms with Crippen LogP contribution >= 0.6 is 0 Å². The summed E-state index contributed by atoms with van der Waals surface area (Å²) in [6.07, 6.45) is 0. The van der Waals surface area contributed by atoms with E-state index >= 15 is 0 Å². The van der Waals surface area contributed by atoms with Crippen molar-refractivity contribution >= 4 is 17.5 Å². The van der Waals surface area contributed by atoms with Gasteiger partial charge in [-0.2, -0.15) is 0 Å². The summed E-state index contributed by atoms with van der Waals surface area (Å²) in [7, 11) is 1.76. The fourth-order valence-electron chi connectivity index (χ4n) is 3.11. The van der Waals surface area contributed by atoms with Crippen LogP contribution in [0, 0.1) is 6.92 Å². The molecule has 2 aromatic carbocycles. The Hall–Kier alpha value is -3.06. The van der Waals surface area contributed by atoms with Crippen LogP contribution < -0.4 is 14.8 Å². The van der Waals surface area contributed by atoms with Crippen molar-refractivity contribution in [1.82, 2.24) is 9.80 Å². The van der Waals surface area contributed by atoms with Crippen molar-refractivity contribution in [3.05, 3.63) is 53.6 Å². The van der Waals surface area contributed by atoms with Gasteiger partial charge in [0.2, 0.25) is 18.6 Å². The standard InChI is InChI=1S/C22H27N3O4/c1-4-25(12-17-7-10-19-20(11-17)29-15-28-19)22(27)14-24(3)13-21(26)23-18-8-5-16(2)6-9-18/h5-11H,4,12-15H2,1-3H3,(H,23,26). The highest BCUT2D eigenvalue weighted by molar-refractivity contribution is 5.92. The number of carbonyl (C=O) groups excluding carboxylic acids is 2. The van der Waals surface area contributed by atoms with Gasteiger partial charge in [-0.1, -0.05) is 23.8 Å². The molecular weight excluding hydrogens is 370 g/mol. The van der Waals surface area contributed by atoms with Crippen LogP contribution in [-0.2, 0) is 16.1 Å². The number of nitrogens with one attached hydrogen (secondary N) is 1. The number of nitrogens with zero attached hydrogens (tertiary/aromatic N) is 2. The molecule has 1 aliphatic heterocycles. The molecule has 2 amide bonds. The summed E-state index contributed by atoms with van der Waals surface area (Å²) >= 11 is 0. The summed E-state index contributed by atoms with van der Waals surface area (Å²) in [6, 6.07) is 13.3. The molecule has 0 aliphatic carbocycles. The van der Waals surface area contributed by atoms with E-state index in [1.807, 2.05) is 56.3 Å². The molecule has 1 aliphatic rings. The number of anilines is 1. The van der Waals surface area contributed by atoms with Gasteiger partial charge in [0.1, 0.15) is 0 Å². The average Bonchev–Trinajstić information content (AvgIpc) is 3.15. The van der Waals surface area contributed by atoms with Gasteiger partial charge >= 0.3 is 0 Å². The number of hydrogen-bond donors (Lipinski definition) is 1. The van der Waals surface area contributed by atoms with Crippen molar-refractivity contribution in [2.45, 2.75) is 20.4 Å². The first-order valence-corrected chi connectivity index (χ1v) is 9.66. The highest BCUT2D eigenvalue weighted by Gasteiger charge is 2.18. The molecule has 0 saturated heterocycles. The molecule has 2 aromatic rings. The number of fused-ring (bicyclic) bond motifs is 1. The Morgan fingerprint density at radius 3 is 2.48 bits per heavy atom. The van der Waals surface area contributed by atoms with E-state index in [-0.39, 0.29) is 31.7 Å². The monoisotopic (exact) mass is 397 g/mol. The third-order valence-corrected chi connectivity index (χ3v) is 4.70. The normalized spacial score (nSPS) is 12.1. The van der Waals surface area contributed by atoms with Gasteiger partial charge in [0, 0.05) is 18.8 Å². The fourth-order valence-corrected chi connectivity index (χ4v) is 3.11. The minimum absolute atomic E-state index is 0.0317. The molecule has 0 saturated carbocycles. The fraction of sp³-hybridized carbons (Fsp3) is 0.364. The number of benzene rings is 2. The maximum Gasteiger partial charge on any atom is 0.238 e. The lowest BCUT2D eigenvalue weighted by molar-refractivity contribution is -0.132. The Morgan fingerprint density at radius 1 is 1.03 bits per heavy atom.